The van der Waals surface area contributed by atoms with Crippen LogP contribution >= 0.6 is 0 Å². The molecule has 54 valence electrons. The van der Waals surface area contributed by atoms with E-state index >= 15 is 0 Å². The van der Waals surface area contributed by atoms with E-state index < -0.39 is 0 Å². The predicted octanol–water partition coefficient (Wildman–Crippen LogP) is -0.172. The maximum absolute atomic E-state index is 10.3. The largest absolute Gasteiger partial charge is 0.370 e. The lowest BCUT2D eigenvalue weighted by Crippen LogP contribution is -2.10. The number of aryl methyl sites for hydroxylation is 1. The van der Waals surface area contributed by atoms with Crippen LogP contribution in [0.3, 0.4) is 0 Å². The third-order valence-corrected chi connectivity index (χ3v) is 1.21. The van der Waals surface area contributed by atoms with Crippen molar-refractivity contribution in [2.24, 2.45) is 5.73 Å². The van der Waals surface area contributed by atoms with Crippen molar-refractivity contribution >= 4 is 5.91 Å². The molecule has 0 bridgehead atoms. The molecule has 0 aromatic carbocycles. The Kier molecular flexibility index (Phi) is 2.04. The van der Waals surface area contributed by atoms with Crippen LogP contribution in [0.4, 0.5) is 0 Å². The van der Waals surface area contributed by atoms with Gasteiger partial charge in [0.05, 0.1) is 6.20 Å². The Morgan fingerprint density at radius 3 is 3.10 bits per heavy atom. The van der Waals surface area contributed by atoms with Crippen molar-refractivity contribution in [2.75, 3.05) is 0 Å². The fourth-order valence-electron chi connectivity index (χ4n) is 0.682. The molecule has 4 heteroatoms. The lowest BCUT2D eigenvalue weighted by Gasteiger charge is -1.89. The van der Waals surface area contributed by atoms with E-state index in [1.165, 1.54) is 0 Å². The summed E-state index contributed by atoms with van der Waals surface area (Å²) in [4.78, 5) is 10.3. The van der Waals surface area contributed by atoms with Gasteiger partial charge in [0.2, 0.25) is 5.91 Å². The predicted molar refractivity (Wildman–Crippen MR) is 36.1 cm³/mol. The highest BCUT2D eigenvalue weighted by molar-refractivity contribution is 5.73. The minimum atomic E-state index is -0.277. The second kappa shape index (κ2) is 3.00. The molecular weight excluding hydrogens is 130 g/mol. The Morgan fingerprint density at radius 1 is 1.80 bits per heavy atom. The van der Waals surface area contributed by atoms with Gasteiger partial charge in [-0.2, -0.15) is 5.10 Å². The number of hydrogen-bond donors (Lipinski definition) is 2. The summed E-state index contributed by atoms with van der Waals surface area (Å²) >= 11 is 0. The van der Waals surface area contributed by atoms with Gasteiger partial charge < -0.3 is 5.73 Å². The van der Waals surface area contributed by atoms with E-state index in [1.807, 2.05) is 0 Å². The van der Waals surface area contributed by atoms with Crippen LogP contribution in [0.25, 0.3) is 0 Å². The van der Waals surface area contributed by atoms with Crippen molar-refractivity contribution in [2.45, 2.75) is 12.8 Å². The number of carbonyl (C=O) groups excluding carboxylic acids is 1. The van der Waals surface area contributed by atoms with Gasteiger partial charge in [0, 0.05) is 12.6 Å². The van der Waals surface area contributed by atoms with Gasteiger partial charge in [0.1, 0.15) is 0 Å². The topological polar surface area (TPSA) is 71.8 Å². The van der Waals surface area contributed by atoms with E-state index in [-0.39, 0.29) is 5.91 Å². The van der Waals surface area contributed by atoms with Gasteiger partial charge in [-0.15, -0.1) is 0 Å². The lowest BCUT2D eigenvalue weighted by molar-refractivity contribution is -0.117. The summed E-state index contributed by atoms with van der Waals surface area (Å²) in [5, 5.41) is 6.37. The molecule has 1 rings (SSSR count). The van der Waals surface area contributed by atoms with Gasteiger partial charge >= 0.3 is 0 Å². The molecule has 10 heavy (non-hydrogen) atoms. The second-order valence-electron chi connectivity index (χ2n) is 2.07. The number of hydrogen-bond acceptors (Lipinski definition) is 2. The number of aromatic nitrogens is 2. The quantitative estimate of drug-likeness (QED) is 0.610. The number of nitrogens with one attached hydrogen (secondary N) is 1. The van der Waals surface area contributed by atoms with Crippen LogP contribution in [0, 0.1) is 0 Å². The van der Waals surface area contributed by atoms with E-state index in [0.29, 0.717) is 12.8 Å². The zero-order chi connectivity index (χ0) is 7.40. The van der Waals surface area contributed by atoms with Gasteiger partial charge in [-0.1, -0.05) is 0 Å². The summed E-state index contributed by atoms with van der Waals surface area (Å²) in [5.74, 6) is -0.277. The average molecular weight is 139 g/mol. The number of nitrogens with zero attached hydrogens (tertiary/aromatic N) is 1. The van der Waals surface area contributed by atoms with Crippen molar-refractivity contribution in [3.63, 3.8) is 0 Å². The summed E-state index contributed by atoms with van der Waals surface area (Å²) in [6.45, 7) is 0. The highest BCUT2D eigenvalue weighted by atomic mass is 16.1. The number of rotatable bonds is 3. The molecule has 0 saturated heterocycles. The van der Waals surface area contributed by atoms with Gasteiger partial charge in [0.25, 0.3) is 0 Å². The minimum Gasteiger partial charge on any atom is -0.370 e. The first kappa shape index (κ1) is 6.80. The van der Waals surface area contributed by atoms with Crippen LogP contribution in [0.15, 0.2) is 12.4 Å². The SMILES string of the molecule is NC(=O)CCc1cn[nH]c1. The van der Waals surface area contributed by atoms with Gasteiger partial charge in [-0.3, -0.25) is 9.89 Å². The number of primary amides is 1. The zero-order valence-electron chi connectivity index (χ0n) is 5.50. The van der Waals surface area contributed by atoms with Gasteiger partial charge in [-0.25, -0.2) is 0 Å². The highest BCUT2D eigenvalue weighted by Gasteiger charge is 1.96. The summed E-state index contributed by atoms with van der Waals surface area (Å²) in [7, 11) is 0. The number of amides is 1. The first-order valence-electron chi connectivity index (χ1n) is 3.05. The van der Waals surface area contributed by atoms with E-state index in [4.69, 9.17) is 5.73 Å². The summed E-state index contributed by atoms with van der Waals surface area (Å²) in [6, 6.07) is 0. The fraction of sp³-hybridized carbons (Fsp3) is 0.333. The first-order valence-corrected chi connectivity index (χ1v) is 3.05. The maximum Gasteiger partial charge on any atom is 0.217 e. The standard InChI is InChI=1S/C6H9N3O/c7-6(10)2-1-5-3-8-9-4-5/h3-4H,1-2H2,(H2,7,10)(H,8,9). The van der Waals surface area contributed by atoms with Crippen molar-refractivity contribution in [3.8, 4) is 0 Å². The third-order valence-electron chi connectivity index (χ3n) is 1.21. The molecule has 0 fully saturated rings. The summed E-state index contributed by atoms with van der Waals surface area (Å²) in [6.07, 6.45) is 4.50. The molecule has 1 aromatic rings. The Morgan fingerprint density at radius 2 is 2.60 bits per heavy atom. The normalized spacial score (nSPS) is 9.60. The number of H-pyrrole nitrogens is 1. The smallest absolute Gasteiger partial charge is 0.217 e. The van der Waals surface area contributed by atoms with E-state index in [0.717, 1.165) is 5.56 Å². The molecule has 0 unspecified atom stereocenters. The Hall–Kier alpha value is -1.32. The third kappa shape index (κ3) is 1.89. The number of nitrogens with two attached hydrogens (primary N) is 1. The molecule has 0 atom stereocenters. The molecular formula is C6H9N3O. The van der Waals surface area contributed by atoms with Crippen LogP contribution in [-0.2, 0) is 11.2 Å². The maximum atomic E-state index is 10.3. The second-order valence-corrected chi connectivity index (χ2v) is 2.07. The molecule has 0 aliphatic rings. The monoisotopic (exact) mass is 139 g/mol. The van der Waals surface area contributed by atoms with Crippen LogP contribution in [0.1, 0.15) is 12.0 Å². The van der Waals surface area contributed by atoms with Gasteiger partial charge in [-0.05, 0) is 12.0 Å². The van der Waals surface area contributed by atoms with Gasteiger partial charge in [0.15, 0.2) is 0 Å². The highest BCUT2D eigenvalue weighted by Crippen LogP contribution is 1.97. The molecule has 1 aromatic heterocycles. The molecule has 1 amide bonds. The Balaban J connectivity index is 2.35. The first-order chi connectivity index (χ1) is 4.79. The molecule has 0 saturated carbocycles. The van der Waals surface area contributed by atoms with Crippen molar-refractivity contribution in [1.82, 2.24) is 10.2 Å². The van der Waals surface area contributed by atoms with E-state index in [1.54, 1.807) is 12.4 Å². The van der Waals surface area contributed by atoms with Crippen LogP contribution in [0.5, 0.6) is 0 Å². The fourth-order valence-corrected chi connectivity index (χ4v) is 0.682. The Bertz CT molecular complexity index is 205. The Labute approximate surface area is 58.4 Å². The van der Waals surface area contributed by atoms with E-state index in [9.17, 15) is 4.79 Å². The molecule has 0 aliphatic carbocycles. The average Bonchev–Trinajstić information content (AvgIpc) is 2.34. The van der Waals surface area contributed by atoms with Crippen molar-refractivity contribution < 1.29 is 4.79 Å². The molecule has 4 nitrogen and oxygen atoms in total. The number of aromatic amines is 1. The van der Waals surface area contributed by atoms with Crippen LogP contribution in [0.2, 0.25) is 0 Å². The van der Waals surface area contributed by atoms with Crippen LogP contribution in [-0.4, -0.2) is 16.1 Å². The minimum absolute atomic E-state index is 0.277. The molecule has 0 spiro atoms. The van der Waals surface area contributed by atoms with Crippen molar-refractivity contribution in [3.05, 3.63) is 18.0 Å². The van der Waals surface area contributed by atoms with Crippen LogP contribution < -0.4 is 5.73 Å². The summed E-state index contributed by atoms with van der Waals surface area (Å²) in [5.41, 5.74) is 5.95. The lowest BCUT2D eigenvalue weighted by atomic mass is 10.2. The zero-order valence-corrected chi connectivity index (χ0v) is 5.50. The molecule has 1 heterocycles. The van der Waals surface area contributed by atoms with Crippen molar-refractivity contribution in [1.29, 1.82) is 0 Å². The molecule has 0 aliphatic heterocycles. The summed E-state index contributed by atoms with van der Waals surface area (Å²) < 4.78 is 0. The molecule has 3 N–H and O–H groups in total. The van der Waals surface area contributed by atoms with E-state index in [2.05, 4.69) is 10.2 Å². The molecule has 0 radical (unpaired) electrons. The number of carbonyl (C=O) groups is 1.